The lowest BCUT2D eigenvalue weighted by molar-refractivity contribution is 0.475. The lowest BCUT2D eigenvalue weighted by Crippen LogP contribution is -2.09. The van der Waals surface area contributed by atoms with Gasteiger partial charge < -0.3 is 10.4 Å². The average Bonchev–Trinajstić information content (AvgIpc) is 3.11. The first kappa shape index (κ1) is 14.7. The maximum atomic E-state index is 9.51. The maximum Gasteiger partial charge on any atom is 0.134 e. The number of thiophene rings is 2. The number of aromatic hydroxyl groups is 1. The zero-order valence-electron chi connectivity index (χ0n) is 10.7. The Labute approximate surface area is 140 Å². The molecular formula is C15H11Cl2NOS2. The Hall–Kier alpha value is -1.20. The van der Waals surface area contributed by atoms with E-state index < -0.39 is 0 Å². The Morgan fingerprint density at radius 1 is 1.05 bits per heavy atom. The molecule has 2 heterocycles. The van der Waals surface area contributed by atoms with Crippen molar-refractivity contribution in [3.8, 4) is 5.75 Å². The van der Waals surface area contributed by atoms with Crippen molar-refractivity contribution < 1.29 is 5.11 Å². The maximum absolute atomic E-state index is 9.51. The van der Waals surface area contributed by atoms with Crippen LogP contribution in [0.2, 0.25) is 9.36 Å². The van der Waals surface area contributed by atoms with E-state index in [-0.39, 0.29) is 11.8 Å². The van der Waals surface area contributed by atoms with Gasteiger partial charge in [-0.1, -0.05) is 29.3 Å². The van der Waals surface area contributed by atoms with Crippen LogP contribution in [0.5, 0.6) is 5.75 Å². The summed E-state index contributed by atoms with van der Waals surface area (Å²) in [5, 5.41) is 15.3. The summed E-state index contributed by atoms with van der Waals surface area (Å²) in [6, 6.07) is 13.1. The standard InChI is InChI=1S/C15H11Cl2NOS2/c16-10-8-9(3-4-11(10)19)18-15(12-2-1-7-20-12)13-5-6-14(17)21-13/h1-8,15,18-19H. The number of phenolic OH excluding ortho intramolecular Hbond substituents is 1. The summed E-state index contributed by atoms with van der Waals surface area (Å²) >= 11 is 15.2. The summed E-state index contributed by atoms with van der Waals surface area (Å²) in [5.74, 6) is 0.0778. The molecule has 2 aromatic heterocycles. The molecule has 0 saturated carbocycles. The van der Waals surface area contributed by atoms with Gasteiger partial charge in [0.1, 0.15) is 5.75 Å². The summed E-state index contributed by atoms with van der Waals surface area (Å²) in [7, 11) is 0. The van der Waals surface area contributed by atoms with Crippen molar-refractivity contribution in [1.29, 1.82) is 0 Å². The number of halogens is 2. The fourth-order valence-electron chi connectivity index (χ4n) is 1.98. The molecule has 2 N–H and O–H groups in total. The summed E-state index contributed by atoms with van der Waals surface area (Å²) in [5.41, 5.74) is 0.848. The molecule has 0 aliphatic rings. The Bertz CT molecular complexity index is 740. The van der Waals surface area contributed by atoms with E-state index >= 15 is 0 Å². The molecule has 1 atom stereocenters. The minimum Gasteiger partial charge on any atom is -0.506 e. The quantitative estimate of drug-likeness (QED) is 0.560. The van der Waals surface area contributed by atoms with Crippen LogP contribution >= 0.6 is 45.9 Å². The normalized spacial score (nSPS) is 12.3. The molecular weight excluding hydrogens is 345 g/mol. The van der Waals surface area contributed by atoms with Gasteiger partial charge in [0.05, 0.1) is 15.4 Å². The first-order valence-electron chi connectivity index (χ1n) is 6.17. The topological polar surface area (TPSA) is 32.3 Å². The monoisotopic (exact) mass is 355 g/mol. The highest BCUT2D eigenvalue weighted by molar-refractivity contribution is 7.16. The molecule has 108 valence electrons. The second-order valence-corrected chi connectivity index (χ2v) is 7.53. The van der Waals surface area contributed by atoms with Crippen LogP contribution in [-0.4, -0.2) is 5.11 Å². The highest BCUT2D eigenvalue weighted by atomic mass is 35.5. The first-order chi connectivity index (χ1) is 10.1. The molecule has 3 aromatic rings. The Kier molecular flexibility index (Phi) is 4.40. The highest BCUT2D eigenvalue weighted by Crippen LogP contribution is 2.36. The molecule has 0 bridgehead atoms. The largest absolute Gasteiger partial charge is 0.506 e. The van der Waals surface area contributed by atoms with Crippen LogP contribution in [0, 0.1) is 0 Å². The smallest absolute Gasteiger partial charge is 0.134 e. The molecule has 1 aromatic carbocycles. The van der Waals surface area contributed by atoms with Crippen molar-refractivity contribution in [2.24, 2.45) is 0 Å². The van der Waals surface area contributed by atoms with E-state index in [2.05, 4.69) is 11.4 Å². The van der Waals surface area contributed by atoms with E-state index in [9.17, 15) is 5.11 Å². The number of rotatable bonds is 4. The molecule has 21 heavy (non-hydrogen) atoms. The van der Waals surface area contributed by atoms with Crippen molar-refractivity contribution in [2.75, 3.05) is 5.32 Å². The van der Waals surface area contributed by atoms with Crippen LogP contribution < -0.4 is 5.32 Å². The van der Waals surface area contributed by atoms with Crippen molar-refractivity contribution in [3.05, 3.63) is 67.0 Å². The van der Waals surface area contributed by atoms with Gasteiger partial charge in [-0.25, -0.2) is 0 Å². The third-order valence-corrected chi connectivity index (χ3v) is 5.50. The van der Waals surface area contributed by atoms with E-state index in [0.29, 0.717) is 5.02 Å². The van der Waals surface area contributed by atoms with E-state index in [0.717, 1.165) is 14.9 Å². The molecule has 2 nitrogen and oxygen atoms in total. The molecule has 0 fully saturated rings. The van der Waals surface area contributed by atoms with Gasteiger partial charge in [-0.3, -0.25) is 0 Å². The van der Waals surface area contributed by atoms with Gasteiger partial charge in [0, 0.05) is 15.4 Å². The fraction of sp³-hybridized carbons (Fsp3) is 0.0667. The van der Waals surface area contributed by atoms with Gasteiger partial charge in [-0.15, -0.1) is 22.7 Å². The number of anilines is 1. The van der Waals surface area contributed by atoms with Crippen LogP contribution in [-0.2, 0) is 0 Å². The lowest BCUT2D eigenvalue weighted by atomic mass is 10.2. The Morgan fingerprint density at radius 2 is 1.90 bits per heavy atom. The second kappa shape index (κ2) is 6.28. The first-order valence-corrected chi connectivity index (χ1v) is 8.62. The summed E-state index contributed by atoms with van der Waals surface area (Å²) < 4.78 is 0.761. The fourth-order valence-corrected chi connectivity index (χ4v) is 4.16. The van der Waals surface area contributed by atoms with Crippen molar-refractivity contribution in [1.82, 2.24) is 0 Å². The third-order valence-electron chi connectivity index (χ3n) is 2.96. The lowest BCUT2D eigenvalue weighted by Gasteiger charge is -2.18. The van der Waals surface area contributed by atoms with Gasteiger partial charge in [0.2, 0.25) is 0 Å². The van der Waals surface area contributed by atoms with Crippen LogP contribution in [0.4, 0.5) is 5.69 Å². The van der Waals surface area contributed by atoms with E-state index in [1.54, 1.807) is 40.9 Å². The zero-order chi connectivity index (χ0) is 14.8. The van der Waals surface area contributed by atoms with E-state index in [1.807, 2.05) is 23.6 Å². The summed E-state index contributed by atoms with van der Waals surface area (Å²) in [4.78, 5) is 2.32. The number of hydrogen-bond acceptors (Lipinski definition) is 4. The molecule has 0 aliphatic heterocycles. The number of nitrogens with one attached hydrogen (secondary N) is 1. The Balaban J connectivity index is 1.94. The van der Waals surface area contributed by atoms with E-state index in [1.165, 1.54) is 4.88 Å². The average molecular weight is 356 g/mol. The van der Waals surface area contributed by atoms with Crippen LogP contribution in [0.15, 0.2) is 47.8 Å². The summed E-state index contributed by atoms with van der Waals surface area (Å²) in [6.07, 6.45) is 0. The van der Waals surface area contributed by atoms with Crippen LogP contribution in [0.1, 0.15) is 15.8 Å². The number of hydrogen-bond donors (Lipinski definition) is 2. The molecule has 3 rings (SSSR count). The molecule has 0 amide bonds. The van der Waals surface area contributed by atoms with Crippen molar-refractivity contribution in [3.63, 3.8) is 0 Å². The van der Waals surface area contributed by atoms with Crippen molar-refractivity contribution in [2.45, 2.75) is 6.04 Å². The van der Waals surface area contributed by atoms with Gasteiger partial charge in [-0.2, -0.15) is 0 Å². The van der Waals surface area contributed by atoms with Gasteiger partial charge in [-0.05, 0) is 41.8 Å². The van der Waals surface area contributed by atoms with Gasteiger partial charge in [0.15, 0.2) is 0 Å². The predicted octanol–water partition coefficient (Wildman–Crippen LogP) is 6.02. The van der Waals surface area contributed by atoms with Crippen LogP contribution in [0.3, 0.4) is 0 Å². The predicted molar refractivity (Wildman–Crippen MR) is 92.2 cm³/mol. The van der Waals surface area contributed by atoms with Crippen LogP contribution in [0.25, 0.3) is 0 Å². The minimum absolute atomic E-state index is 0.0168. The molecule has 0 aliphatic carbocycles. The van der Waals surface area contributed by atoms with Gasteiger partial charge >= 0.3 is 0 Å². The number of benzene rings is 1. The van der Waals surface area contributed by atoms with E-state index in [4.69, 9.17) is 23.2 Å². The third kappa shape index (κ3) is 3.35. The van der Waals surface area contributed by atoms with Crippen molar-refractivity contribution >= 4 is 51.6 Å². The highest BCUT2D eigenvalue weighted by Gasteiger charge is 2.17. The summed E-state index contributed by atoms with van der Waals surface area (Å²) in [6.45, 7) is 0. The Morgan fingerprint density at radius 3 is 2.52 bits per heavy atom. The molecule has 1 unspecified atom stereocenters. The number of phenols is 1. The second-order valence-electron chi connectivity index (χ2n) is 4.40. The van der Waals surface area contributed by atoms with Gasteiger partial charge in [0.25, 0.3) is 0 Å². The molecule has 0 saturated heterocycles. The molecule has 0 spiro atoms. The molecule has 6 heteroatoms. The molecule has 0 radical (unpaired) electrons. The zero-order valence-corrected chi connectivity index (χ0v) is 13.9. The minimum atomic E-state index is 0.0168. The SMILES string of the molecule is Oc1ccc(NC(c2cccs2)c2ccc(Cl)s2)cc1Cl.